The van der Waals surface area contributed by atoms with Gasteiger partial charge in [0.05, 0.1) is 5.60 Å². The van der Waals surface area contributed by atoms with Crippen molar-refractivity contribution in [1.82, 2.24) is 5.32 Å². The molecule has 1 saturated heterocycles. The van der Waals surface area contributed by atoms with E-state index in [-0.39, 0.29) is 5.60 Å². The van der Waals surface area contributed by atoms with Crippen LogP contribution in [-0.2, 0) is 4.74 Å². The summed E-state index contributed by atoms with van der Waals surface area (Å²) >= 11 is 0. The molecule has 0 radical (unpaired) electrons. The molecule has 2 heteroatoms. The van der Waals surface area contributed by atoms with Crippen LogP contribution >= 0.6 is 0 Å². The van der Waals surface area contributed by atoms with Gasteiger partial charge in [0.1, 0.15) is 0 Å². The Morgan fingerprint density at radius 1 is 1.73 bits per heavy atom. The first kappa shape index (κ1) is 8.75. The fourth-order valence-electron chi connectivity index (χ4n) is 1.46. The van der Waals surface area contributed by atoms with Gasteiger partial charge in [0.15, 0.2) is 0 Å². The number of hydrogen-bond donors (Lipinski definition) is 1. The molecule has 1 atom stereocenters. The second-order valence-electron chi connectivity index (χ2n) is 3.49. The minimum atomic E-state index is 0.00299. The van der Waals surface area contributed by atoms with Crippen molar-refractivity contribution < 1.29 is 4.74 Å². The van der Waals surface area contributed by atoms with Crippen LogP contribution in [0.4, 0.5) is 0 Å². The molecule has 1 unspecified atom stereocenters. The summed E-state index contributed by atoms with van der Waals surface area (Å²) in [4.78, 5) is 0. The molecule has 1 aliphatic heterocycles. The van der Waals surface area contributed by atoms with Crippen LogP contribution in [0.5, 0.6) is 0 Å². The largest absolute Gasteiger partial charge is 0.374 e. The second kappa shape index (κ2) is 3.37. The molecule has 64 valence electrons. The molecule has 1 aliphatic rings. The summed E-state index contributed by atoms with van der Waals surface area (Å²) in [7, 11) is 0. The van der Waals surface area contributed by atoms with Crippen LogP contribution in [-0.4, -0.2) is 24.8 Å². The van der Waals surface area contributed by atoms with Crippen LogP contribution in [0.25, 0.3) is 0 Å². The van der Waals surface area contributed by atoms with Gasteiger partial charge < -0.3 is 10.1 Å². The predicted octanol–water partition coefficient (Wildman–Crippen LogP) is 1.33. The lowest BCUT2D eigenvalue weighted by atomic mass is 9.99. The third kappa shape index (κ3) is 2.04. The van der Waals surface area contributed by atoms with Gasteiger partial charge in [-0.15, -0.1) is 6.58 Å². The minimum Gasteiger partial charge on any atom is -0.374 e. The van der Waals surface area contributed by atoms with Crippen molar-refractivity contribution in [1.29, 1.82) is 0 Å². The summed E-state index contributed by atoms with van der Waals surface area (Å²) < 4.78 is 5.55. The first-order valence-electron chi connectivity index (χ1n) is 4.15. The maximum Gasteiger partial charge on any atom is 0.0779 e. The zero-order valence-corrected chi connectivity index (χ0v) is 7.39. The van der Waals surface area contributed by atoms with E-state index >= 15 is 0 Å². The Hall–Kier alpha value is -0.340. The quantitative estimate of drug-likeness (QED) is 0.621. The molecule has 0 amide bonds. The van der Waals surface area contributed by atoms with E-state index in [0.29, 0.717) is 6.04 Å². The Bertz CT molecular complexity index is 142. The van der Waals surface area contributed by atoms with E-state index in [4.69, 9.17) is 4.74 Å². The van der Waals surface area contributed by atoms with Crippen molar-refractivity contribution in [3.63, 3.8) is 0 Å². The first-order chi connectivity index (χ1) is 5.17. The summed E-state index contributed by atoms with van der Waals surface area (Å²) in [6.45, 7) is 9.67. The van der Waals surface area contributed by atoms with Crippen LogP contribution in [0.2, 0.25) is 0 Å². The maximum absolute atomic E-state index is 5.55. The Kier molecular flexibility index (Phi) is 2.68. The van der Waals surface area contributed by atoms with Crippen molar-refractivity contribution in [3.8, 4) is 0 Å². The normalized spacial score (nSPS) is 28.7. The van der Waals surface area contributed by atoms with E-state index in [1.807, 2.05) is 6.08 Å². The van der Waals surface area contributed by atoms with E-state index in [1.165, 1.54) is 0 Å². The van der Waals surface area contributed by atoms with Gasteiger partial charge in [0, 0.05) is 19.2 Å². The molecule has 2 nitrogen and oxygen atoms in total. The van der Waals surface area contributed by atoms with Gasteiger partial charge in [-0.25, -0.2) is 0 Å². The fourth-order valence-corrected chi connectivity index (χ4v) is 1.46. The highest BCUT2D eigenvalue weighted by Crippen LogP contribution is 2.24. The summed E-state index contributed by atoms with van der Waals surface area (Å²) in [5, 5.41) is 3.38. The third-order valence-corrected chi connectivity index (χ3v) is 2.23. The standard InChI is InChI=1S/C9H17NO/c1-4-6-10-8-5-7-11-9(8,2)3/h4,8,10H,1,5-7H2,2-3H3. The molecule has 0 aromatic rings. The molecule has 1 rings (SSSR count). The highest BCUT2D eigenvalue weighted by atomic mass is 16.5. The Balaban J connectivity index is 2.38. The zero-order valence-electron chi connectivity index (χ0n) is 7.39. The number of hydrogen-bond acceptors (Lipinski definition) is 2. The molecule has 0 spiro atoms. The summed E-state index contributed by atoms with van der Waals surface area (Å²) in [6.07, 6.45) is 3.00. The minimum absolute atomic E-state index is 0.00299. The SMILES string of the molecule is C=CCNC1CCOC1(C)C. The van der Waals surface area contributed by atoms with Gasteiger partial charge in [0.25, 0.3) is 0 Å². The highest BCUT2D eigenvalue weighted by molar-refractivity contribution is 4.91. The lowest BCUT2D eigenvalue weighted by molar-refractivity contribution is 0.0223. The van der Waals surface area contributed by atoms with Crippen molar-refractivity contribution in [2.45, 2.75) is 31.9 Å². The second-order valence-corrected chi connectivity index (χ2v) is 3.49. The van der Waals surface area contributed by atoms with E-state index in [9.17, 15) is 0 Å². The molecule has 0 bridgehead atoms. The first-order valence-corrected chi connectivity index (χ1v) is 4.15. The van der Waals surface area contributed by atoms with Crippen LogP contribution in [0.15, 0.2) is 12.7 Å². The van der Waals surface area contributed by atoms with E-state index < -0.39 is 0 Å². The molecule has 1 N–H and O–H groups in total. The third-order valence-electron chi connectivity index (χ3n) is 2.23. The van der Waals surface area contributed by atoms with Gasteiger partial charge in [-0.1, -0.05) is 6.08 Å². The van der Waals surface area contributed by atoms with Crippen LogP contribution in [0.3, 0.4) is 0 Å². The van der Waals surface area contributed by atoms with Crippen molar-refractivity contribution in [2.24, 2.45) is 0 Å². The monoisotopic (exact) mass is 155 g/mol. The van der Waals surface area contributed by atoms with Gasteiger partial charge in [0.2, 0.25) is 0 Å². The molecule has 11 heavy (non-hydrogen) atoms. The molecule has 0 saturated carbocycles. The molecular formula is C9H17NO. The van der Waals surface area contributed by atoms with Crippen molar-refractivity contribution >= 4 is 0 Å². The lowest BCUT2D eigenvalue weighted by Gasteiger charge is -2.26. The van der Waals surface area contributed by atoms with Crippen molar-refractivity contribution in [2.75, 3.05) is 13.2 Å². The van der Waals surface area contributed by atoms with Gasteiger partial charge >= 0.3 is 0 Å². The van der Waals surface area contributed by atoms with E-state index in [2.05, 4.69) is 25.7 Å². The van der Waals surface area contributed by atoms with E-state index in [0.717, 1.165) is 19.6 Å². The van der Waals surface area contributed by atoms with Crippen LogP contribution in [0, 0.1) is 0 Å². The van der Waals surface area contributed by atoms with Gasteiger partial charge in [-0.2, -0.15) is 0 Å². The Morgan fingerprint density at radius 3 is 2.91 bits per heavy atom. The Labute approximate surface area is 68.6 Å². The van der Waals surface area contributed by atoms with E-state index in [1.54, 1.807) is 0 Å². The Morgan fingerprint density at radius 2 is 2.45 bits per heavy atom. The lowest BCUT2D eigenvalue weighted by Crippen LogP contribution is -2.43. The molecule has 0 aromatic carbocycles. The van der Waals surface area contributed by atoms with Gasteiger partial charge in [-0.3, -0.25) is 0 Å². The highest BCUT2D eigenvalue weighted by Gasteiger charge is 2.34. The van der Waals surface area contributed by atoms with Gasteiger partial charge in [-0.05, 0) is 20.3 Å². The average molecular weight is 155 g/mol. The van der Waals surface area contributed by atoms with Crippen molar-refractivity contribution in [3.05, 3.63) is 12.7 Å². The molecule has 0 aromatic heterocycles. The predicted molar refractivity (Wildman–Crippen MR) is 46.6 cm³/mol. The number of ether oxygens (including phenoxy) is 1. The fraction of sp³-hybridized carbons (Fsp3) is 0.778. The smallest absolute Gasteiger partial charge is 0.0779 e. The topological polar surface area (TPSA) is 21.3 Å². The molecule has 0 aliphatic carbocycles. The molecule has 1 fully saturated rings. The zero-order chi connectivity index (χ0) is 8.32. The maximum atomic E-state index is 5.55. The van der Waals surface area contributed by atoms with Crippen LogP contribution in [0.1, 0.15) is 20.3 Å². The average Bonchev–Trinajstić information content (AvgIpc) is 2.25. The van der Waals surface area contributed by atoms with Crippen LogP contribution < -0.4 is 5.32 Å². The number of nitrogens with one attached hydrogen (secondary N) is 1. The summed E-state index contributed by atoms with van der Waals surface area (Å²) in [5.74, 6) is 0. The summed E-state index contributed by atoms with van der Waals surface area (Å²) in [6, 6.07) is 0.487. The molecular weight excluding hydrogens is 138 g/mol. The number of rotatable bonds is 3. The molecule has 1 heterocycles. The summed E-state index contributed by atoms with van der Waals surface area (Å²) in [5.41, 5.74) is 0.00299.